The molecule has 0 spiro atoms. The molecule has 1 aliphatic heterocycles. The van der Waals surface area contributed by atoms with Crippen LogP contribution >= 0.6 is 0 Å². The molecule has 1 aliphatic rings. The van der Waals surface area contributed by atoms with Crippen molar-refractivity contribution < 1.29 is 9.53 Å². The highest BCUT2D eigenvalue weighted by Gasteiger charge is 2.31. The van der Waals surface area contributed by atoms with Crippen LogP contribution in [0.1, 0.15) is 33.6 Å². The number of rotatable bonds is 2. The van der Waals surface area contributed by atoms with Crippen LogP contribution in [0.2, 0.25) is 0 Å². The monoisotopic (exact) mass is 185 g/mol. The van der Waals surface area contributed by atoms with Crippen LogP contribution in [0, 0.1) is 5.92 Å². The molecule has 1 saturated heterocycles. The van der Waals surface area contributed by atoms with Gasteiger partial charge in [0.05, 0.1) is 6.61 Å². The largest absolute Gasteiger partial charge is 0.465 e. The second kappa shape index (κ2) is 4.61. The predicted molar refractivity (Wildman–Crippen MR) is 51.4 cm³/mol. The van der Waals surface area contributed by atoms with Crippen LogP contribution in [0.15, 0.2) is 0 Å². The van der Waals surface area contributed by atoms with Gasteiger partial charge in [-0.25, -0.2) is 0 Å². The molecule has 1 N–H and O–H groups in total. The van der Waals surface area contributed by atoms with E-state index in [0.29, 0.717) is 18.6 Å². The molecule has 0 aromatic carbocycles. The molecule has 3 atom stereocenters. The van der Waals surface area contributed by atoms with Crippen LogP contribution in [0.3, 0.4) is 0 Å². The minimum absolute atomic E-state index is 0.0938. The van der Waals surface area contributed by atoms with Gasteiger partial charge in [-0.3, -0.25) is 4.79 Å². The van der Waals surface area contributed by atoms with E-state index in [1.165, 1.54) is 0 Å². The highest BCUT2D eigenvalue weighted by atomic mass is 16.5. The zero-order valence-electron chi connectivity index (χ0n) is 8.67. The maximum absolute atomic E-state index is 11.5. The number of hydrogen-bond donors (Lipinski definition) is 1. The van der Waals surface area contributed by atoms with Gasteiger partial charge in [0, 0.05) is 6.04 Å². The van der Waals surface area contributed by atoms with Gasteiger partial charge in [-0.1, -0.05) is 6.92 Å². The van der Waals surface area contributed by atoms with Crippen LogP contribution in [0.5, 0.6) is 0 Å². The minimum Gasteiger partial charge on any atom is -0.465 e. The summed E-state index contributed by atoms with van der Waals surface area (Å²) < 4.78 is 5.00. The summed E-state index contributed by atoms with van der Waals surface area (Å²) in [4.78, 5) is 11.5. The van der Waals surface area contributed by atoms with E-state index in [0.717, 1.165) is 12.8 Å². The lowest BCUT2D eigenvalue weighted by molar-refractivity contribution is -0.148. The third kappa shape index (κ3) is 2.69. The maximum Gasteiger partial charge on any atom is 0.323 e. The Morgan fingerprint density at radius 2 is 2.15 bits per heavy atom. The predicted octanol–water partition coefficient (Wildman–Crippen LogP) is 1.33. The van der Waals surface area contributed by atoms with Crippen LogP contribution < -0.4 is 5.32 Å². The Morgan fingerprint density at radius 1 is 1.46 bits per heavy atom. The SMILES string of the molecule is CCOC(=O)C1NC(C)CCC1C. The van der Waals surface area contributed by atoms with Crippen molar-refractivity contribution in [3.8, 4) is 0 Å². The van der Waals surface area contributed by atoms with Crippen molar-refractivity contribution in [1.29, 1.82) is 0 Å². The van der Waals surface area contributed by atoms with Crippen molar-refractivity contribution in [3.63, 3.8) is 0 Å². The van der Waals surface area contributed by atoms with E-state index in [1.54, 1.807) is 0 Å². The summed E-state index contributed by atoms with van der Waals surface area (Å²) in [6.07, 6.45) is 2.26. The molecule has 3 heteroatoms. The lowest BCUT2D eigenvalue weighted by Crippen LogP contribution is -2.50. The van der Waals surface area contributed by atoms with Crippen molar-refractivity contribution >= 4 is 5.97 Å². The van der Waals surface area contributed by atoms with E-state index in [1.807, 2.05) is 6.92 Å². The molecule has 0 amide bonds. The third-order valence-corrected chi connectivity index (χ3v) is 2.63. The average Bonchev–Trinajstić information content (AvgIpc) is 2.09. The highest BCUT2D eigenvalue weighted by Crippen LogP contribution is 2.19. The number of ether oxygens (including phenoxy) is 1. The summed E-state index contributed by atoms with van der Waals surface area (Å²) >= 11 is 0. The van der Waals surface area contributed by atoms with Crippen molar-refractivity contribution in [2.24, 2.45) is 5.92 Å². The fourth-order valence-corrected chi connectivity index (χ4v) is 1.77. The lowest BCUT2D eigenvalue weighted by Gasteiger charge is -2.32. The average molecular weight is 185 g/mol. The van der Waals surface area contributed by atoms with Gasteiger partial charge in [0.15, 0.2) is 0 Å². The Kier molecular flexibility index (Phi) is 3.72. The van der Waals surface area contributed by atoms with Crippen molar-refractivity contribution in [1.82, 2.24) is 5.32 Å². The van der Waals surface area contributed by atoms with E-state index >= 15 is 0 Å². The second-order valence-electron chi connectivity index (χ2n) is 3.85. The van der Waals surface area contributed by atoms with E-state index in [-0.39, 0.29) is 12.0 Å². The van der Waals surface area contributed by atoms with Gasteiger partial charge in [-0.05, 0) is 32.6 Å². The van der Waals surface area contributed by atoms with E-state index in [2.05, 4.69) is 19.2 Å². The smallest absolute Gasteiger partial charge is 0.323 e. The summed E-state index contributed by atoms with van der Waals surface area (Å²) in [6, 6.07) is 0.342. The van der Waals surface area contributed by atoms with Crippen molar-refractivity contribution in [3.05, 3.63) is 0 Å². The van der Waals surface area contributed by atoms with Gasteiger partial charge in [0.1, 0.15) is 6.04 Å². The zero-order chi connectivity index (χ0) is 9.84. The van der Waals surface area contributed by atoms with E-state index < -0.39 is 0 Å². The summed E-state index contributed by atoms with van der Waals surface area (Å²) in [5.41, 5.74) is 0. The maximum atomic E-state index is 11.5. The molecule has 3 unspecified atom stereocenters. The number of piperidine rings is 1. The normalized spacial score (nSPS) is 34.2. The number of nitrogens with one attached hydrogen (secondary N) is 1. The molecule has 76 valence electrons. The van der Waals surface area contributed by atoms with Crippen LogP contribution in [-0.2, 0) is 9.53 Å². The molecule has 0 bridgehead atoms. The molecule has 13 heavy (non-hydrogen) atoms. The minimum atomic E-state index is -0.0958. The molecule has 1 fully saturated rings. The summed E-state index contributed by atoms with van der Waals surface area (Å²) in [5.74, 6) is 0.303. The molecule has 1 rings (SSSR count). The quantitative estimate of drug-likeness (QED) is 0.659. The fourth-order valence-electron chi connectivity index (χ4n) is 1.77. The first-order chi connectivity index (χ1) is 6.15. The van der Waals surface area contributed by atoms with Gasteiger partial charge in [-0.15, -0.1) is 0 Å². The Bertz CT molecular complexity index is 182. The molecule has 0 saturated carbocycles. The number of carbonyl (C=O) groups is 1. The molecule has 0 aliphatic carbocycles. The topological polar surface area (TPSA) is 38.3 Å². The van der Waals surface area contributed by atoms with Gasteiger partial charge in [-0.2, -0.15) is 0 Å². The number of carbonyl (C=O) groups excluding carboxylic acids is 1. The van der Waals surface area contributed by atoms with Crippen LogP contribution in [0.25, 0.3) is 0 Å². The first-order valence-electron chi connectivity index (χ1n) is 5.07. The molecule has 0 aromatic rings. The highest BCUT2D eigenvalue weighted by molar-refractivity contribution is 5.76. The standard InChI is InChI=1S/C10H19NO2/c1-4-13-10(12)9-7(2)5-6-8(3)11-9/h7-9,11H,4-6H2,1-3H3. The van der Waals surface area contributed by atoms with Crippen molar-refractivity contribution in [2.45, 2.75) is 45.7 Å². The zero-order valence-corrected chi connectivity index (χ0v) is 8.67. The second-order valence-corrected chi connectivity index (χ2v) is 3.85. The van der Waals surface area contributed by atoms with Crippen LogP contribution in [0.4, 0.5) is 0 Å². The molecule has 0 aromatic heterocycles. The molecule has 3 nitrogen and oxygen atoms in total. The fraction of sp³-hybridized carbons (Fsp3) is 0.900. The number of hydrogen-bond acceptors (Lipinski definition) is 3. The lowest BCUT2D eigenvalue weighted by atomic mass is 9.89. The van der Waals surface area contributed by atoms with E-state index in [9.17, 15) is 4.79 Å². The third-order valence-electron chi connectivity index (χ3n) is 2.63. The van der Waals surface area contributed by atoms with Crippen molar-refractivity contribution in [2.75, 3.05) is 6.61 Å². The van der Waals surface area contributed by atoms with Crippen LogP contribution in [-0.4, -0.2) is 24.7 Å². The Balaban J connectivity index is 2.50. The number of esters is 1. The van der Waals surface area contributed by atoms with E-state index in [4.69, 9.17) is 4.74 Å². The Hall–Kier alpha value is -0.570. The van der Waals surface area contributed by atoms with Gasteiger partial charge >= 0.3 is 5.97 Å². The summed E-state index contributed by atoms with van der Waals surface area (Å²) in [7, 11) is 0. The molecule has 1 heterocycles. The summed E-state index contributed by atoms with van der Waals surface area (Å²) in [5, 5.41) is 3.28. The summed E-state index contributed by atoms with van der Waals surface area (Å²) in [6.45, 7) is 6.52. The van der Waals surface area contributed by atoms with Gasteiger partial charge in [0.25, 0.3) is 0 Å². The van der Waals surface area contributed by atoms with Gasteiger partial charge < -0.3 is 10.1 Å². The first kappa shape index (κ1) is 10.5. The Morgan fingerprint density at radius 3 is 2.77 bits per heavy atom. The Labute approximate surface area is 79.8 Å². The first-order valence-corrected chi connectivity index (χ1v) is 5.07. The molecular formula is C10H19NO2. The molecular weight excluding hydrogens is 166 g/mol. The van der Waals surface area contributed by atoms with Gasteiger partial charge in [0.2, 0.25) is 0 Å². The molecule has 0 radical (unpaired) electrons.